The highest BCUT2D eigenvalue weighted by Crippen LogP contribution is 2.32. The van der Waals surface area contributed by atoms with Crippen molar-refractivity contribution in [2.24, 2.45) is 0 Å². The predicted octanol–water partition coefficient (Wildman–Crippen LogP) is 2.82. The summed E-state index contributed by atoms with van der Waals surface area (Å²) in [6, 6.07) is 3.67. The number of nitrogens with one attached hydrogen (secondary N) is 1. The first-order valence-corrected chi connectivity index (χ1v) is 8.92. The Morgan fingerprint density at radius 3 is 2.54 bits per heavy atom. The summed E-state index contributed by atoms with van der Waals surface area (Å²) >= 11 is 6.20. The zero-order valence-electron chi connectivity index (χ0n) is 13.9. The number of halogens is 1. The van der Waals surface area contributed by atoms with Gasteiger partial charge in [-0.15, -0.1) is 0 Å². The summed E-state index contributed by atoms with van der Waals surface area (Å²) in [5.74, 6) is 0.533. The van der Waals surface area contributed by atoms with E-state index < -0.39 is 0 Å². The van der Waals surface area contributed by atoms with Crippen molar-refractivity contribution in [1.29, 1.82) is 0 Å². The van der Waals surface area contributed by atoms with Crippen molar-refractivity contribution in [3.8, 4) is 5.75 Å². The van der Waals surface area contributed by atoms with E-state index in [0.29, 0.717) is 24.3 Å². The molecule has 0 radical (unpaired) electrons. The van der Waals surface area contributed by atoms with Gasteiger partial charge in [-0.05, 0) is 57.0 Å². The molecular formula is C18H23ClN2O3. The van der Waals surface area contributed by atoms with E-state index in [-0.39, 0.29) is 24.5 Å². The van der Waals surface area contributed by atoms with Gasteiger partial charge in [0, 0.05) is 23.4 Å². The van der Waals surface area contributed by atoms with E-state index in [4.69, 9.17) is 16.3 Å². The summed E-state index contributed by atoms with van der Waals surface area (Å²) in [5.41, 5.74) is 1.75. The Balaban J connectivity index is 1.85. The number of aryl methyl sites for hydroxylation is 1. The number of imide groups is 1. The minimum Gasteiger partial charge on any atom is -0.490 e. The second-order valence-corrected chi connectivity index (χ2v) is 6.94. The fraction of sp³-hybridized carbons (Fsp3) is 0.556. The largest absolute Gasteiger partial charge is 0.490 e. The zero-order valence-corrected chi connectivity index (χ0v) is 14.7. The summed E-state index contributed by atoms with van der Waals surface area (Å²) in [6.45, 7) is 4.07. The summed E-state index contributed by atoms with van der Waals surface area (Å²) in [7, 11) is 0. The molecule has 0 atom stereocenters. The summed E-state index contributed by atoms with van der Waals surface area (Å²) in [6.07, 6.45) is 3.54. The lowest BCUT2D eigenvalue weighted by Gasteiger charge is -2.29. The van der Waals surface area contributed by atoms with Crippen LogP contribution in [0.4, 0.5) is 0 Å². The number of hydrogen-bond acceptors (Lipinski definition) is 4. The van der Waals surface area contributed by atoms with Gasteiger partial charge in [0.25, 0.3) is 0 Å². The summed E-state index contributed by atoms with van der Waals surface area (Å²) in [5, 5.41) is 3.91. The van der Waals surface area contributed by atoms with Crippen molar-refractivity contribution < 1.29 is 14.3 Å². The van der Waals surface area contributed by atoms with Crippen LogP contribution in [-0.4, -0.2) is 35.9 Å². The highest BCUT2D eigenvalue weighted by molar-refractivity contribution is 6.30. The molecule has 0 bridgehead atoms. The third kappa shape index (κ3) is 3.90. The number of amides is 2. The average Bonchev–Trinajstić information content (AvgIpc) is 2.55. The summed E-state index contributed by atoms with van der Waals surface area (Å²) in [4.78, 5) is 25.5. The molecule has 0 aliphatic carbocycles. The van der Waals surface area contributed by atoms with E-state index in [2.05, 4.69) is 5.32 Å². The lowest BCUT2D eigenvalue weighted by atomic mass is 10.0. The fourth-order valence-electron chi connectivity index (χ4n) is 3.31. The van der Waals surface area contributed by atoms with Crippen LogP contribution in [0.2, 0.25) is 5.02 Å². The number of piperidine rings is 2. The number of benzene rings is 1. The number of nitrogens with zero attached hydrogens (tertiary/aromatic N) is 1. The molecule has 6 heteroatoms. The molecule has 3 rings (SSSR count). The van der Waals surface area contributed by atoms with Gasteiger partial charge < -0.3 is 10.1 Å². The van der Waals surface area contributed by atoms with Gasteiger partial charge in [-0.25, -0.2) is 0 Å². The van der Waals surface area contributed by atoms with Crippen molar-refractivity contribution in [2.75, 3.05) is 13.1 Å². The van der Waals surface area contributed by atoms with Crippen LogP contribution in [0.1, 0.15) is 43.2 Å². The number of hydrogen-bond donors (Lipinski definition) is 1. The normalized spacial score (nSPS) is 19.7. The van der Waals surface area contributed by atoms with Gasteiger partial charge in [-0.3, -0.25) is 14.5 Å². The number of carbonyl (C=O) groups is 2. The molecule has 1 aromatic rings. The maximum atomic E-state index is 12.1. The number of carbonyl (C=O) groups excluding carboxylic acids is 2. The molecule has 1 aromatic carbocycles. The molecule has 1 N–H and O–H groups in total. The maximum Gasteiger partial charge on any atom is 0.229 e. The lowest BCUT2D eigenvalue weighted by Crippen LogP contribution is -2.39. The second-order valence-electron chi connectivity index (χ2n) is 6.51. The monoisotopic (exact) mass is 350 g/mol. The van der Waals surface area contributed by atoms with Crippen LogP contribution in [-0.2, 0) is 16.1 Å². The van der Waals surface area contributed by atoms with E-state index in [1.165, 1.54) is 4.90 Å². The van der Waals surface area contributed by atoms with Crippen molar-refractivity contribution in [2.45, 2.75) is 51.7 Å². The third-order valence-electron chi connectivity index (χ3n) is 4.60. The summed E-state index contributed by atoms with van der Waals surface area (Å²) < 4.78 is 6.24. The van der Waals surface area contributed by atoms with Crippen molar-refractivity contribution in [3.63, 3.8) is 0 Å². The Kier molecular flexibility index (Phi) is 5.41. The molecule has 2 aliphatic rings. The predicted molar refractivity (Wildman–Crippen MR) is 92.1 cm³/mol. The van der Waals surface area contributed by atoms with Gasteiger partial charge in [0.1, 0.15) is 11.9 Å². The number of likely N-dealkylation sites (tertiary alicyclic amines) is 1. The molecule has 5 nitrogen and oxygen atoms in total. The van der Waals surface area contributed by atoms with Crippen molar-refractivity contribution in [1.82, 2.24) is 10.2 Å². The smallest absolute Gasteiger partial charge is 0.229 e. The molecule has 2 aliphatic heterocycles. The van der Waals surface area contributed by atoms with Gasteiger partial charge in [-0.2, -0.15) is 0 Å². The van der Waals surface area contributed by atoms with Crippen LogP contribution in [0.5, 0.6) is 5.75 Å². The molecule has 130 valence electrons. The van der Waals surface area contributed by atoms with Crippen LogP contribution >= 0.6 is 11.6 Å². The molecule has 0 spiro atoms. The Hall–Kier alpha value is -1.59. The first kappa shape index (κ1) is 17.2. The quantitative estimate of drug-likeness (QED) is 0.848. The molecule has 2 fully saturated rings. The van der Waals surface area contributed by atoms with Crippen LogP contribution < -0.4 is 10.1 Å². The van der Waals surface area contributed by atoms with Gasteiger partial charge in [0.05, 0.1) is 6.54 Å². The average molecular weight is 351 g/mol. The molecule has 0 unspecified atom stereocenters. The second kappa shape index (κ2) is 7.53. The SMILES string of the molecule is Cc1cc(Cl)cc(CN2C(=O)CCCC2=O)c1OC1CCNCC1. The van der Waals surface area contributed by atoms with Crippen LogP contribution in [0, 0.1) is 6.92 Å². The topological polar surface area (TPSA) is 58.6 Å². The Morgan fingerprint density at radius 2 is 1.88 bits per heavy atom. The molecular weight excluding hydrogens is 328 g/mol. The third-order valence-corrected chi connectivity index (χ3v) is 4.82. The van der Waals surface area contributed by atoms with Crippen LogP contribution in [0.15, 0.2) is 12.1 Å². The van der Waals surface area contributed by atoms with Gasteiger partial charge in [0.2, 0.25) is 11.8 Å². The van der Waals surface area contributed by atoms with Gasteiger partial charge in [0.15, 0.2) is 0 Å². The van der Waals surface area contributed by atoms with E-state index >= 15 is 0 Å². The first-order chi connectivity index (χ1) is 11.5. The van der Waals surface area contributed by atoms with Crippen LogP contribution in [0.3, 0.4) is 0 Å². The van der Waals surface area contributed by atoms with E-state index in [9.17, 15) is 9.59 Å². The van der Waals surface area contributed by atoms with E-state index in [0.717, 1.165) is 42.8 Å². The minimum atomic E-state index is -0.114. The minimum absolute atomic E-state index is 0.114. The van der Waals surface area contributed by atoms with E-state index in [1.54, 1.807) is 6.07 Å². The molecule has 2 saturated heterocycles. The Bertz CT molecular complexity index is 625. The Morgan fingerprint density at radius 1 is 1.21 bits per heavy atom. The molecule has 0 saturated carbocycles. The highest BCUT2D eigenvalue weighted by atomic mass is 35.5. The Labute approximate surface area is 147 Å². The van der Waals surface area contributed by atoms with Crippen molar-refractivity contribution >= 4 is 23.4 Å². The lowest BCUT2D eigenvalue weighted by molar-refractivity contribution is -0.148. The molecule has 24 heavy (non-hydrogen) atoms. The zero-order chi connectivity index (χ0) is 17.1. The van der Waals surface area contributed by atoms with Crippen molar-refractivity contribution in [3.05, 3.63) is 28.3 Å². The standard InChI is InChI=1S/C18H23ClN2O3/c1-12-9-14(19)10-13(11-21-16(22)3-2-4-17(21)23)18(12)24-15-5-7-20-8-6-15/h9-10,15,20H,2-8,11H2,1H3. The number of rotatable bonds is 4. The van der Waals surface area contributed by atoms with Gasteiger partial charge >= 0.3 is 0 Å². The maximum absolute atomic E-state index is 12.1. The van der Waals surface area contributed by atoms with E-state index in [1.807, 2.05) is 13.0 Å². The number of ether oxygens (including phenoxy) is 1. The van der Waals surface area contributed by atoms with Crippen LogP contribution in [0.25, 0.3) is 0 Å². The molecule has 0 aromatic heterocycles. The molecule has 2 heterocycles. The fourth-order valence-corrected chi connectivity index (χ4v) is 3.61. The highest BCUT2D eigenvalue weighted by Gasteiger charge is 2.28. The molecule has 2 amide bonds. The van der Waals surface area contributed by atoms with Gasteiger partial charge in [-0.1, -0.05) is 11.6 Å². The first-order valence-electron chi connectivity index (χ1n) is 8.54.